The lowest BCUT2D eigenvalue weighted by molar-refractivity contribution is 1.18. The SMILES string of the molecule is [C]#Cc1ccn2ccnc2c1. The van der Waals surface area contributed by atoms with Crippen molar-refractivity contribution in [2.45, 2.75) is 0 Å². The van der Waals surface area contributed by atoms with Crippen molar-refractivity contribution in [3.05, 3.63) is 42.7 Å². The lowest BCUT2D eigenvalue weighted by Crippen LogP contribution is -1.82. The first-order chi connectivity index (χ1) is 5.40. The molecule has 0 saturated heterocycles. The lowest BCUT2D eigenvalue weighted by Gasteiger charge is -1.92. The van der Waals surface area contributed by atoms with Gasteiger partial charge in [-0.15, -0.1) is 0 Å². The Bertz CT molecular complexity index is 420. The quantitative estimate of drug-likeness (QED) is 0.505. The third kappa shape index (κ3) is 0.870. The maximum Gasteiger partial charge on any atom is 0.137 e. The monoisotopic (exact) mass is 141 g/mol. The summed E-state index contributed by atoms with van der Waals surface area (Å²) >= 11 is 0. The highest BCUT2D eigenvalue weighted by Gasteiger charge is 1.92. The molecule has 0 amide bonds. The van der Waals surface area contributed by atoms with Gasteiger partial charge in [-0.05, 0) is 18.6 Å². The van der Waals surface area contributed by atoms with E-state index in [-0.39, 0.29) is 0 Å². The molecule has 0 spiro atoms. The number of imidazole rings is 1. The second-order valence-electron chi connectivity index (χ2n) is 2.23. The Kier molecular flexibility index (Phi) is 1.16. The average molecular weight is 141 g/mol. The summed E-state index contributed by atoms with van der Waals surface area (Å²) in [4.78, 5) is 4.07. The number of aromatic nitrogens is 2. The van der Waals surface area contributed by atoms with E-state index in [1.54, 1.807) is 6.20 Å². The van der Waals surface area contributed by atoms with Gasteiger partial charge < -0.3 is 4.40 Å². The standard InChI is InChI=1S/C9H5N2/c1-2-8-3-5-11-6-4-10-9(11)7-8/h3-7H. The Labute approximate surface area is 64.5 Å². The maximum atomic E-state index is 6.89. The van der Waals surface area contributed by atoms with Crippen LogP contribution in [0.3, 0.4) is 0 Å². The van der Waals surface area contributed by atoms with E-state index in [1.807, 2.05) is 28.9 Å². The van der Waals surface area contributed by atoms with Crippen molar-refractivity contribution in [2.24, 2.45) is 0 Å². The zero-order valence-electron chi connectivity index (χ0n) is 5.78. The molecule has 0 aliphatic carbocycles. The van der Waals surface area contributed by atoms with Crippen LogP contribution in [0.4, 0.5) is 0 Å². The van der Waals surface area contributed by atoms with Crippen LogP contribution in [0.5, 0.6) is 0 Å². The summed E-state index contributed by atoms with van der Waals surface area (Å²) in [5, 5.41) is 0. The molecule has 0 unspecified atom stereocenters. The van der Waals surface area contributed by atoms with Crippen molar-refractivity contribution in [2.75, 3.05) is 0 Å². The Morgan fingerprint density at radius 2 is 2.36 bits per heavy atom. The minimum absolute atomic E-state index is 0.753. The molecule has 0 aliphatic rings. The Morgan fingerprint density at radius 1 is 1.45 bits per heavy atom. The van der Waals surface area contributed by atoms with E-state index in [9.17, 15) is 0 Å². The van der Waals surface area contributed by atoms with E-state index < -0.39 is 0 Å². The Morgan fingerprint density at radius 3 is 3.18 bits per heavy atom. The molecule has 0 aromatic carbocycles. The van der Waals surface area contributed by atoms with Crippen molar-refractivity contribution >= 4 is 5.65 Å². The molecule has 1 radical (unpaired) electrons. The molecular formula is C9H5N2. The van der Waals surface area contributed by atoms with Gasteiger partial charge in [-0.1, -0.05) is 5.92 Å². The van der Waals surface area contributed by atoms with Gasteiger partial charge in [-0.25, -0.2) is 4.98 Å². The summed E-state index contributed by atoms with van der Waals surface area (Å²) in [7, 11) is 0. The van der Waals surface area contributed by atoms with Crippen LogP contribution >= 0.6 is 0 Å². The molecule has 2 heterocycles. The first kappa shape index (κ1) is 5.99. The lowest BCUT2D eigenvalue weighted by atomic mass is 10.3. The van der Waals surface area contributed by atoms with Gasteiger partial charge in [-0.2, -0.15) is 0 Å². The number of hydrogen-bond donors (Lipinski definition) is 0. The fraction of sp³-hybridized carbons (Fsp3) is 0. The van der Waals surface area contributed by atoms with Gasteiger partial charge in [0.2, 0.25) is 0 Å². The fourth-order valence-corrected chi connectivity index (χ4v) is 0.988. The molecule has 0 N–H and O–H groups in total. The zero-order valence-corrected chi connectivity index (χ0v) is 5.78. The number of fused-ring (bicyclic) bond motifs is 1. The van der Waals surface area contributed by atoms with Crippen LogP contribution in [-0.4, -0.2) is 9.38 Å². The number of pyridine rings is 1. The predicted molar refractivity (Wildman–Crippen MR) is 41.4 cm³/mol. The van der Waals surface area contributed by atoms with E-state index in [2.05, 4.69) is 10.9 Å². The van der Waals surface area contributed by atoms with Crippen LogP contribution in [0.25, 0.3) is 5.65 Å². The summed E-state index contributed by atoms with van der Waals surface area (Å²) in [5.41, 5.74) is 1.60. The van der Waals surface area contributed by atoms with Crippen LogP contribution in [0, 0.1) is 12.3 Å². The molecule has 2 heteroatoms. The van der Waals surface area contributed by atoms with Gasteiger partial charge in [0.05, 0.1) is 0 Å². The Balaban J connectivity index is 2.79. The predicted octanol–water partition coefficient (Wildman–Crippen LogP) is 1.27. The summed E-state index contributed by atoms with van der Waals surface area (Å²) in [6, 6.07) is 3.63. The molecule has 0 bridgehead atoms. The third-order valence-electron chi connectivity index (χ3n) is 1.54. The topological polar surface area (TPSA) is 17.3 Å². The molecule has 2 nitrogen and oxygen atoms in total. The van der Waals surface area contributed by atoms with Crippen LogP contribution in [0.15, 0.2) is 30.7 Å². The minimum Gasteiger partial charge on any atom is -0.307 e. The van der Waals surface area contributed by atoms with Crippen molar-refractivity contribution in [3.63, 3.8) is 0 Å². The highest BCUT2D eigenvalue weighted by atomic mass is 15.0. The highest BCUT2D eigenvalue weighted by molar-refractivity contribution is 5.45. The molecule has 0 saturated carbocycles. The molecule has 2 aromatic rings. The van der Waals surface area contributed by atoms with E-state index in [4.69, 9.17) is 6.42 Å². The molecule has 0 fully saturated rings. The van der Waals surface area contributed by atoms with Gasteiger partial charge in [0, 0.05) is 24.2 Å². The highest BCUT2D eigenvalue weighted by Crippen LogP contribution is 2.03. The number of nitrogens with zero attached hydrogens (tertiary/aromatic N) is 2. The molecule has 51 valence electrons. The second-order valence-corrected chi connectivity index (χ2v) is 2.23. The van der Waals surface area contributed by atoms with Crippen molar-refractivity contribution in [3.8, 4) is 5.92 Å². The smallest absolute Gasteiger partial charge is 0.137 e. The first-order valence-electron chi connectivity index (χ1n) is 3.25. The van der Waals surface area contributed by atoms with Crippen LogP contribution in [0.1, 0.15) is 5.56 Å². The summed E-state index contributed by atoms with van der Waals surface area (Å²) in [5.74, 6) is 2.31. The third-order valence-corrected chi connectivity index (χ3v) is 1.54. The van der Waals surface area contributed by atoms with E-state index in [1.165, 1.54) is 0 Å². The minimum atomic E-state index is 0.753. The summed E-state index contributed by atoms with van der Waals surface area (Å²) in [6.07, 6.45) is 12.3. The fourth-order valence-electron chi connectivity index (χ4n) is 0.988. The van der Waals surface area contributed by atoms with E-state index >= 15 is 0 Å². The first-order valence-corrected chi connectivity index (χ1v) is 3.25. The normalized spacial score (nSPS) is 9.73. The van der Waals surface area contributed by atoms with Crippen LogP contribution in [0.2, 0.25) is 0 Å². The molecule has 0 atom stereocenters. The van der Waals surface area contributed by atoms with Crippen molar-refractivity contribution in [1.29, 1.82) is 0 Å². The Hall–Kier alpha value is -1.75. The molecule has 0 aliphatic heterocycles. The van der Waals surface area contributed by atoms with E-state index in [0.29, 0.717) is 0 Å². The molecule has 11 heavy (non-hydrogen) atoms. The molecule has 2 rings (SSSR count). The van der Waals surface area contributed by atoms with E-state index in [0.717, 1.165) is 11.2 Å². The van der Waals surface area contributed by atoms with Gasteiger partial charge in [0.15, 0.2) is 0 Å². The largest absolute Gasteiger partial charge is 0.307 e. The van der Waals surface area contributed by atoms with Crippen molar-refractivity contribution < 1.29 is 0 Å². The number of hydrogen-bond acceptors (Lipinski definition) is 1. The van der Waals surface area contributed by atoms with Crippen LogP contribution < -0.4 is 0 Å². The number of rotatable bonds is 0. The van der Waals surface area contributed by atoms with Crippen LogP contribution in [-0.2, 0) is 0 Å². The van der Waals surface area contributed by atoms with Crippen molar-refractivity contribution in [1.82, 2.24) is 9.38 Å². The molecular weight excluding hydrogens is 136 g/mol. The molecule has 2 aromatic heterocycles. The maximum absolute atomic E-state index is 6.89. The second kappa shape index (κ2) is 2.14. The van der Waals surface area contributed by atoms with Gasteiger partial charge in [0.25, 0.3) is 0 Å². The average Bonchev–Trinajstić information content (AvgIpc) is 2.50. The summed E-state index contributed by atoms with van der Waals surface area (Å²) < 4.78 is 1.89. The van der Waals surface area contributed by atoms with Gasteiger partial charge >= 0.3 is 0 Å². The van der Waals surface area contributed by atoms with Gasteiger partial charge in [0.1, 0.15) is 5.65 Å². The summed E-state index contributed by atoms with van der Waals surface area (Å²) in [6.45, 7) is 0. The zero-order chi connectivity index (χ0) is 7.68. The van der Waals surface area contributed by atoms with Gasteiger partial charge in [-0.3, -0.25) is 0 Å².